The number of hydrogen-bond acceptors (Lipinski definition) is 8. The fraction of sp³-hybridized carbons (Fsp3) is 0.154. The third-order valence-electron chi connectivity index (χ3n) is 3.23. The van der Waals surface area contributed by atoms with E-state index in [1.807, 2.05) is 30.3 Å². The van der Waals surface area contributed by atoms with Gasteiger partial charge in [0, 0.05) is 0 Å². The first-order chi connectivity index (χ1) is 10.8. The quantitative estimate of drug-likeness (QED) is 0.804. The number of ether oxygens (including phenoxy) is 2. The van der Waals surface area contributed by atoms with Crippen molar-refractivity contribution in [1.29, 1.82) is 5.26 Å². The van der Waals surface area contributed by atoms with E-state index in [2.05, 4.69) is 15.6 Å². The van der Waals surface area contributed by atoms with Gasteiger partial charge in [-0.05, 0) is 23.9 Å². The molecule has 1 aromatic carbocycles. The molecule has 0 aliphatic carbocycles. The molecule has 0 bridgehead atoms. The molecule has 110 valence electrons. The maximum Gasteiger partial charge on any atom is 0.216 e. The standard InChI is InChI=1S/C13H10N6O2S/c14-5-10-11(15)18-19-12(16-17-13(19)22-10)9-6-20-7-3-1-2-4-8(7)21-9/h1-4,9,18H,6,15H2/t9-/m1/s1. The molecule has 1 aromatic heterocycles. The Hall–Kier alpha value is -2.86. The lowest BCUT2D eigenvalue weighted by molar-refractivity contribution is 0.0828. The molecule has 0 fully saturated rings. The van der Waals surface area contributed by atoms with E-state index in [0.29, 0.717) is 34.0 Å². The fourth-order valence-corrected chi connectivity index (χ4v) is 2.90. The second kappa shape index (κ2) is 4.85. The predicted octanol–water partition coefficient (Wildman–Crippen LogP) is 1.09. The summed E-state index contributed by atoms with van der Waals surface area (Å²) < 4.78 is 13.2. The highest BCUT2D eigenvalue weighted by molar-refractivity contribution is 8.03. The van der Waals surface area contributed by atoms with Crippen LogP contribution in [-0.4, -0.2) is 21.5 Å². The molecule has 0 saturated carbocycles. The van der Waals surface area contributed by atoms with E-state index in [4.69, 9.17) is 20.5 Å². The number of aromatic nitrogens is 3. The number of thioether (sulfide) groups is 1. The van der Waals surface area contributed by atoms with Crippen molar-refractivity contribution in [3.05, 3.63) is 40.8 Å². The minimum Gasteiger partial charge on any atom is -0.485 e. The Morgan fingerprint density at radius 1 is 1.36 bits per heavy atom. The zero-order valence-corrected chi connectivity index (χ0v) is 12.0. The van der Waals surface area contributed by atoms with Crippen LogP contribution >= 0.6 is 11.8 Å². The van der Waals surface area contributed by atoms with Crippen molar-refractivity contribution in [3.63, 3.8) is 0 Å². The van der Waals surface area contributed by atoms with Gasteiger partial charge >= 0.3 is 0 Å². The summed E-state index contributed by atoms with van der Waals surface area (Å²) in [5, 5.41) is 17.7. The van der Waals surface area contributed by atoms with Gasteiger partial charge in [0.2, 0.25) is 5.16 Å². The number of benzene rings is 1. The Kier molecular flexibility index (Phi) is 2.83. The van der Waals surface area contributed by atoms with Gasteiger partial charge < -0.3 is 15.2 Å². The van der Waals surface area contributed by atoms with Gasteiger partial charge in [-0.25, -0.2) is 4.68 Å². The molecule has 0 saturated heterocycles. The van der Waals surface area contributed by atoms with Crippen LogP contribution < -0.4 is 20.6 Å². The number of nitrogens with one attached hydrogen (secondary N) is 1. The lowest BCUT2D eigenvalue weighted by Crippen LogP contribution is -2.31. The van der Waals surface area contributed by atoms with Crippen molar-refractivity contribution < 1.29 is 9.47 Å². The number of allylic oxidation sites excluding steroid dienone is 1. The Morgan fingerprint density at radius 3 is 3.00 bits per heavy atom. The number of nitriles is 1. The van der Waals surface area contributed by atoms with Gasteiger partial charge in [-0.3, -0.25) is 5.43 Å². The van der Waals surface area contributed by atoms with E-state index in [-0.39, 0.29) is 5.82 Å². The van der Waals surface area contributed by atoms with Crippen LogP contribution in [0.1, 0.15) is 11.9 Å². The minimum absolute atomic E-state index is 0.262. The van der Waals surface area contributed by atoms with Gasteiger partial charge in [0.1, 0.15) is 23.4 Å². The molecule has 9 heteroatoms. The van der Waals surface area contributed by atoms with E-state index in [0.717, 1.165) is 11.8 Å². The maximum absolute atomic E-state index is 9.00. The van der Waals surface area contributed by atoms with E-state index in [9.17, 15) is 0 Å². The van der Waals surface area contributed by atoms with Crippen LogP contribution in [0.4, 0.5) is 0 Å². The SMILES string of the molecule is N#CC1=C(N)Nn2c(nnc2[C@H]2COc3ccccc3O2)S1. The molecule has 0 unspecified atom stereocenters. The van der Waals surface area contributed by atoms with Crippen molar-refractivity contribution in [3.8, 4) is 17.6 Å². The van der Waals surface area contributed by atoms with Crippen molar-refractivity contribution >= 4 is 11.8 Å². The van der Waals surface area contributed by atoms with Gasteiger partial charge in [-0.2, -0.15) is 5.26 Å². The Labute approximate surface area is 129 Å². The number of nitrogens with two attached hydrogens (primary N) is 1. The average Bonchev–Trinajstić information content (AvgIpc) is 2.96. The monoisotopic (exact) mass is 314 g/mol. The Balaban J connectivity index is 1.66. The molecule has 22 heavy (non-hydrogen) atoms. The fourth-order valence-electron chi connectivity index (χ4n) is 2.21. The van der Waals surface area contributed by atoms with Gasteiger partial charge in [0.25, 0.3) is 0 Å². The summed E-state index contributed by atoms with van der Waals surface area (Å²) >= 11 is 1.16. The largest absolute Gasteiger partial charge is 0.485 e. The predicted molar refractivity (Wildman–Crippen MR) is 77.4 cm³/mol. The molecule has 1 atom stereocenters. The topological polar surface area (TPSA) is 111 Å². The number of hydrogen-bond donors (Lipinski definition) is 2. The summed E-state index contributed by atoms with van der Waals surface area (Å²) in [5.74, 6) is 2.15. The third-order valence-corrected chi connectivity index (χ3v) is 4.19. The van der Waals surface area contributed by atoms with Gasteiger partial charge in [-0.15, -0.1) is 10.2 Å². The normalized spacial score (nSPS) is 19.1. The molecule has 2 aliphatic heterocycles. The maximum atomic E-state index is 9.00. The van der Waals surface area contributed by atoms with Crippen LogP contribution in [0.2, 0.25) is 0 Å². The summed E-state index contributed by atoms with van der Waals surface area (Å²) in [4.78, 5) is 0.359. The first kappa shape index (κ1) is 12.8. The minimum atomic E-state index is -0.416. The zero-order chi connectivity index (χ0) is 15.1. The number of fused-ring (bicyclic) bond motifs is 2. The molecule has 3 heterocycles. The van der Waals surface area contributed by atoms with Crippen molar-refractivity contribution in [1.82, 2.24) is 14.9 Å². The molecular weight excluding hydrogens is 304 g/mol. The third kappa shape index (κ3) is 1.93. The van der Waals surface area contributed by atoms with Crippen LogP contribution in [-0.2, 0) is 0 Å². The van der Waals surface area contributed by atoms with Crippen molar-refractivity contribution in [2.75, 3.05) is 12.0 Å². The summed E-state index contributed by atoms with van der Waals surface area (Å²) in [5.41, 5.74) is 8.72. The van der Waals surface area contributed by atoms with Crippen LogP contribution in [0.5, 0.6) is 11.5 Å². The van der Waals surface area contributed by atoms with E-state index < -0.39 is 6.10 Å². The second-order valence-corrected chi connectivity index (χ2v) is 5.59. The lowest BCUT2D eigenvalue weighted by Gasteiger charge is -2.27. The molecule has 2 aromatic rings. The number of para-hydroxylation sites is 2. The molecule has 3 N–H and O–H groups in total. The Bertz CT molecular complexity index is 824. The Morgan fingerprint density at radius 2 is 2.18 bits per heavy atom. The summed E-state index contributed by atoms with van der Waals surface area (Å²) in [7, 11) is 0. The van der Waals surface area contributed by atoms with Crippen LogP contribution in [0.25, 0.3) is 0 Å². The first-order valence-electron chi connectivity index (χ1n) is 6.45. The highest BCUT2D eigenvalue weighted by Crippen LogP contribution is 2.37. The molecular formula is C13H10N6O2S. The van der Waals surface area contributed by atoms with Crippen molar-refractivity contribution in [2.45, 2.75) is 11.3 Å². The second-order valence-electron chi connectivity index (χ2n) is 4.61. The summed E-state index contributed by atoms with van der Waals surface area (Å²) in [6, 6.07) is 9.45. The molecule has 0 spiro atoms. The number of rotatable bonds is 1. The highest BCUT2D eigenvalue weighted by atomic mass is 32.2. The summed E-state index contributed by atoms with van der Waals surface area (Å²) in [6.45, 7) is 0.316. The smallest absolute Gasteiger partial charge is 0.216 e. The average molecular weight is 314 g/mol. The van der Waals surface area contributed by atoms with Crippen LogP contribution in [0.3, 0.4) is 0 Å². The van der Waals surface area contributed by atoms with Crippen LogP contribution in [0.15, 0.2) is 40.1 Å². The number of nitrogens with zero attached hydrogens (tertiary/aromatic N) is 4. The van der Waals surface area contributed by atoms with E-state index >= 15 is 0 Å². The van der Waals surface area contributed by atoms with Gasteiger partial charge in [0.05, 0.1) is 0 Å². The van der Waals surface area contributed by atoms with Gasteiger partial charge in [0.15, 0.2) is 23.4 Å². The molecule has 0 amide bonds. The molecule has 2 aliphatic rings. The van der Waals surface area contributed by atoms with Gasteiger partial charge in [-0.1, -0.05) is 12.1 Å². The van der Waals surface area contributed by atoms with Crippen molar-refractivity contribution in [2.24, 2.45) is 5.73 Å². The zero-order valence-electron chi connectivity index (χ0n) is 11.2. The summed E-state index contributed by atoms with van der Waals surface area (Å²) in [6.07, 6.45) is -0.416. The van der Waals surface area contributed by atoms with E-state index in [1.54, 1.807) is 4.68 Å². The lowest BCUT2D eigenvalue weighted by atomic mass is 10.2. The van der Waals surface area contributed by atoms with Crippen LogP contribution in [0, 0.1) is 11.3 Å². The molecule has 8 nitrogen and oxygen atoms in total. The molecule has 4 rings (SSSR count). The highest BCUT2D eigenvalue weighted by Gasteiger charge is 2.31. The first-order valence-corrected chi connectivity index (χ1v) is 7.26. The van der Waals surface area contributed by atoms with E-state index in [1.165, 1.54) is 0 Å². The molecule has 0 radical (unpaired) electrons.